The Kier molecular flexibility index (Phi) is 4.54. The van der Waals surface area contributed by atoms with Gasteiger partial charge in [0.15, 0.2) is 0 Å². The molecule has 5 atom stereocenters. The smallest absolute Gasteiger partial charge is 0.145 e. The van der Waals surface area contributed by atoms with E-state index in [0.717, 1.165) is 24.8 Å². The molecule has 0 aliphatic heterocycles. The van der Waals surface area contributed by atoms with Crippen LogP contribution in [0.5, 0.6) is 0 Å². The van der Waals surface area contributed by atoms with Crippen molar-refractivity contribution in [2.45, 2.75) is 38.9 Å². The summed E-state index contributed by atoms with van der Waals surface area (Å²) in [4.78, 5) is 13.0. The molecule has 122 valence electrons. The molecule has 0 unspecified atom stereocenters. The molecule has 2 heteroatoms. The summed E-state index contributed by atoms with van der Waals surface area (Å²) in [5, 5.41) is 0. The van der Waals surface area contributed by atoms with Gasteiger partial charge in [0, 0.05) is 11.3 Å². The highest BCUT2D eigenvalue weighted by Gasteiger charge is 2.58. The summed E-state index contributed by atoms with van der Waals surface area (Å²) in [6.45, 7) is 10.5. The minimum absolute atomic E-state index is 0.00796. The summed E-state index contributed by atoms with van der Waals surface area (Å²) in [5.74, 6) is 1.13. The topological polar surface area (TPSA) is 26.3 Å². The molecule has 2 bridgehead atoms. The maximum Gasteiger partial charge on any atom is 0.145 e. The van der Waals surface area contributed by atoms with Crippen LogP contribution in [0.3, 0.4) is 0 Å². The van der Waals surface area contributed by atoms with Crippen molar-refractivity contribution < 1.29 is 9.53 Å². The van der Waals surface area contributed by atoms with Gasteiger partial charge in [-0.1, -0.05) is 49.4 Å². The van der Waals surface area contributed by atoms with Crippen molar-refractivity contribution in [3.05, 3.63) is 61.2 Å². The molecule has 0 N–H and O–H groups in total. The zero-order chi connectivity index (χ0) is 16.4. The molecule has 0 saturated heterocycles. The van der Waals surface area contributed by atoms with Gasteiger partial charge < -0.3 is 4.74 Å². The van der Waals surface area contributed by atoms with Crippen molar-refractivity contribution in [1.82, 2.24) is 0 Å². The summed E-state index contributed by atoms with van der Waals surface area (Å²) in [6.07, 6.45) is 6.51. The van der Waals surface area contributed by atoms with E-state index < -0.39 is 0 Å². The second-order valence-corrected chi connectivity index (χ2v) is 7.19. The lowest BCUT2D eigenvalue weighted by molar-refractivity contribution is -0.132. The largest absolute Gasteiger partial charge is 0.373 e. The van der Waals surface area contributed by atoms with Crippen molar-refractivity contribution in [3.8, 4) is 0 Å². The first-order chi connectivity index (χ1) is 11.1. The van der Waals surface area contributed by atoms with Crippen LogP contribution in [0.4, 0.5) is 0 Å². The average molecular weight is 310 g/mol. The van der Waals surface area contributed by atoms with Gasteiger partial charge >= 0.3 is 0 Å². The molecule has 2 fully saturated rings. The molecule has 0 aromatic heterocycles. The fraction of sp³-hybridized carbons (Fsp3) is 0.476. The Morgan fingerprint density at radius 1 is 1.26 bits per heavy atom. The van der Waals surface area contributed by atoms with Crippen molar-refractivity contribution in [2.24, 2.45) is 23.2 Å². The second kappa shape index (κ2) is 6.45. The molecule has 1 aromatic carbocycles. The van der Waals surface area contributed by atoms with Crippen LogP contribution < -0.4 is 0 Å². The molecular weight excluding hydrogens is 284 g/mol. The summed E-state index contributed by atoms with van der Waals surface area (Å²) in [5.41, 5.74) is 0.861. The Bertz CT molecular complexity index is 591. The average Bonchev–Trinajstić information content (AvgIpc) is 2.79. The fourth-order valence-corrected chi connectivity index (χ4v) is 4.59. The van der Waals surface area contributed by atoms with Crippen LogP contribution in [0.25, 0.3) is 0 Å². The highest BCUT2D eigenvalue weighted by atomic mass is 16.5. The highest BCUT2D eigenvalue weighted by Crippen LogP contribution is 2.56. The fourth-order valence-electron chi connectivity index (χ4n) is 4.59. The standard InChI is InChI=1S/C21H26O2/c1-4-11-21(3)18-13-17(20(21)22)19(12-16(18)5-2)23-14-15-9-7-6-8-10-15/h4-10,16-19H,1-2,11-14H2,3H3/t16-,17+,18-,19-,21-/m0/s1. The van der Waals surface area contributed by atoms with Crippen molar-refractivity contribution >= 4 is 5.78 Å². The van der Waals surface area contributed by atoms with Crippen molar-refractivity contribution in [1.29, 1.82) is 0 Å². The van der Waals surface area contributed by atoms with E-state index in [0.29, 0.717) is 24.2 Å². The minimum Gasteiger partial charge on any atom is -0.373 e. The normalized spacial score (nSPS) is 36.0. The number of fused-ring (bicyclic) bond motifs is 2. The molecule has 3 rings (SSSR count). The lowest BCUT2D eigenvalue weighted by Crippen LogP contribution is -2.33. The summed E-state index contributed by atoms with van der Waals surface area (Å²) in [7, 11) is 0. The van der Waals surface area contributed by atoms with E-state index in [1.807, 2.05) is 30.4 Å². The van der Waals surface area contributed by atoms with Gasteiger partial charge in [-0.15, -0.1) is 13.2 Å². The quantitative estimate of drug-likeness (QED) is 0.720. The molecule has 2 nitrogen and oxygen atoms in total. The van der Waals surface area contributed by atoms with Crippen LogP contribution in [0.1, 0.15) is 31.7 Å². The van der Waals surface area contributed by atoms with E-state index in [9.17, 15) is 4.79 Å². The molecule has 0 radical (unpaired) electrons. The van der Waals surface area contributed by atoms with Gasteiger partial charge in [-0.25, -0.2) is 0 Å². The minimum atomic E-state index is -0.296. The van der Waals surface area contributed by atoms with Gasteiger partial charge in [0.2, 0.25) is 0 Å². The SMILES string of the molecule is C=CC[C@]1(C)C(=O)[C@@H]2C[C@H]1[C@@H](C=C)C[C@@H]2OCc1ccccc1. The molecule has 1 aromatic rings. The first kappa shape index (κ1) is 16.2. The predicted molar refractivity (Wildman–Crippen MR) is 92.8 cm³/mol. The summed E-state index contributed by atoms with van der Waals surface area (Å²) in [6, 6.07) is 10.2. The van der Waals surface area contributed by atoms with Crippen LogP contribution in [0.2, 0.25) is 0 Å². The number of ether oxygens (including phenoxy) is 1. The molecule has 23 heavy (non-hydrogen) atoms. The van der Waals surface area contributed by atoms with Gasteiger partial charge in [0.05, 0.1) is 12.7 Å². The van der Waals surface area contributed by atoms with E-state index >= 15 is 0 Å². The van der Waals surface area contributed by atoms with Crippen molar-refractivity contribution in [3.63, 3.8) is 0 Å². The third kappa shape index (κ3) is 2.81. The molecule has 2 aliphatic carbocycles. The molecule has 2 aliphatic rings. The number of benzene rings is 1. The van der Waals surface area contributed by atoms with E-state index in [1.165, 1.54) is 0 Å². The number of ketones is 1. The van der Waals surface area contributed by atoms with Crippen LogP contribution in [-0.4, -0.2) is 11.9 Å². The lowest BCUT2D eigenvalue weighted by atomic mass is 9.69. The summed E-state index contributed by atoms with van der Waals surface area (Å²) < 4.78 is 6.18. The number of carbonyl (C=O) groups excluding carboxylic acids is 1. The Morgan fingerprint density at radius 3 is 2.65 bits per heavy atom. The van der Waals surface area contributed by atoms with E-state index in [4.69, 9.17) is 4.74 Å². The third-order valence-corrected chi connectivity index (χ3v) is 5.87. The number of hydrogen-bond donors (Lipinski definition) is 0. The van der Waals surface area contributed by atoms with Gasteiger partial charge in [-0.2, -0.15) is 0 Å². The van der Waals surface area contributed by atoms with Gasteiger partial charge in [0.25, 0.3) is 0 Å². The number of Topliss-reactive ketones (excluding diaryl/α,β-unsaturated/α-hetero) is 1. The Labute approximate surface area is 139 Å². The molecule has 2 saturated carbocycles. The second-order valence-electron chi connectivity index (χ2n) is 7.19. The lowest BCUT2D eigenvalue weighted by Gasteiger charge is -2.36. The zero-order valence-electron chi connectivity index (χ0n) is 13.9. The maximum atomic E-state index is 13.0. The third-order valence-electron chi connectivity index (χ3n) is 5.87. The van der Waals surface area contributed by atoms with E-state index in [-0.39, 0.29) is 17.4 Å². The summed E-state index contributed by atoms with van der Waals surface area (Å²) >= 11 is 0. The predicted octanol–water partition coefficient (Wildman–Crippen LogP) is 4.57. The Balaban J connectivity index is 1.77. The van der Waals surface area contributed by atoms with Crippen LogP contribution in [0, 0.1) is 23.2 Å². The first-order valence-electron chi connectivity index (χ1n) is 8.53. The Hall–Kier alpha value is -1.67. The van der Waals surface area contributed by atoms with E-state index in [2.05, 4.69) is 32.2 Å². The monoisotopic (exact) mass is 310 g/mol. The molecule has 0 spiro atoms. The van der Waals surface area contributed by atoms with Gasteiger partial charge in [0.1, 0.15) is 5.78 Å². The Morgan fingerprint density at radius 2 is 2.00 bits per heavy atom. The maximum absolute atomic E-state index is 13.0. The van der Waals surface area contributed by atoms with E-state index in [1.54, 1.807) is 0 Å². The first-order valence-corrected chi connectivity index (χ1v) is 8.53. The van der Waals surface area contributed by atoms with Crippen LogP contribution in [-0.2, 0) is 16.1 Å². The van der Waals surface area contributed by atoms with Gasteiger partial charge in [-0.05, 0) is 36.7 Å². The van der Waals surface area contributed by atoms with Gasteiger partial charge in [-0.3, -0.25) is 4.79 Å². The van der Waals surface area contributed by atoms with Crippen LogP contribution >= 0.6 is 0 Å². The molecular formula is C21H26O2. The highest BCUT2D eigenvalue weighted by molar-refractivity contribution is 5.90. The zero-order valence-corrected chi connectivity index (χ0v) is 13.9. The number of rotatable bonds is 6. The number of allylic oxidation sites excluding steroid dienone is 2. The molecule has 0 amide bonds. The van der Waals surface area contributed by atoms with Crippen molar-refractivity contribution in [2.75, 3.05) is 0 Å². The number of carbonyl (C=O) groups is 1. The number of hydrogen-bond acceptors (Lipinski definition) is 2. The molecule has 0 heterocycles. The van der Waals surface area contributed by atoms with Crippen LogP contribution in [0.15, 0.2) is 55.6 Å².